The number of nitrogens with one attached hydrogen (secondary N) is 3. The summed E-state index contributed by atoms with van der Waals surface area (Å²) in [5, 5.41) is 8.96. The van der Waals surface area contributed by atoms with Crippen molar-refractivity contribution in [1.29, 1.82) is 0 Å². The number of rotatable bonds is 10. The number of aryl methyl sites for hydroxylation is 3. The van der Waals surface area contributed by atoms with Crippen LogP contribution in [0.2, 0.25) is 0 Å². The fourth-order valence-corrected chi connectivity index (χ4v) is 4.50. The van der Waals surface area contributed by atoms with Crippen molar-refractivity contribution in [3.8, 4) is 11.5 Å². The van der Waals surface area contributed by atoms with Crippen LogP contribution in [0.1, 0.15) is 34.6 Å². The minimum absolute atomic E-state index is 0. The summed E-state index contributed by atoms with van der Waals surface area (Å²) in [6.45, 7) is 8.66. The molecule has 0 amide bonds. The molecule has 0 fully saturated rings. The van der Waals surface area contributed by atoms with Gasteiger partial charge in [-0.2, -0.15) is 0 Å². The Kier molecular flexibility index (Phi) is 10.6. The molecule has 32 heavy (non-hydrogen) atoms. The largest absolute Gasteiger partial charge is 0.497 e. The first kappa shape index (κ1) is 26.2. The lowest BCUT2D eigenvalue weighted by Gasteiger charge is -2.11. The smallest absolute Gasteiger partial charge is 0.191 e. The Morgan fingerprint density at radius 3 is 2.59 bits per heavy atom. The average molecular weight is 572 g/mol. The molecule has 0 aliphatic rings. The Labute approximate surface area is 211 Å². The highest BCUT2D eigenvalue weighted by atomic mass is 127. The molecule has 0 atom stereocenters. The van der Waals surface area contributed by atoms with Gasteiger partial charge in [-0.05, 0) is 39.7 Å². The maximum Gasteiger partial charge on any atom is 0.191 e. The highest BCUT2D eigenvalue weighted by Crippen LogP contribution is 2.31. The number of fused-ring (bicyclic) bond motifs is 1. The molecule has 0 aliphatic heterocycles. The number of thiazole rings is 1. The van der Waals surface area contributed by atoms with Crippen molar-refractivity contribution < 1.29 is 9.47 Å². The molecular weight excluding hydrogens is 537 g/mol. The van der Waals surface area contributed by atoms with Crippen molar-refractivity contribution in [3.63, 3.8) is 0 Å². The predicted molar refractivity (Wildman–Crippen MR) is 144 cm³/mol. The Morgan fingerprint density at radius 1 is 1.12 bits per heavy atom. The standard InChI is InChI=1S/C23H33N5O2S.HI/c1-6-24-23(26-11-9-22-15(2)27-16(3)31-22)25-10-7-8-17-12-19-20(28-17)13-18(29-4)14-21(19)30-5;/h12-14,28H,6-11H2,1-5H3,(H2,24,25,26);1H. The number of halogens is 1. The highest BCUT2D eigenvalue weighted by molar-refractivity contribution is 14.0. The van der Waals surface area contributed by atoms with E-state index in [2.05, 4.69) is 47.4 Å². The number of methoxy groups -OCH3 is 2. The molecule has 2 heterocycles. The molecular formula is C23H34IN5O2S. The Balaban J connectivity index is 0.00000363. The highest BCUT2D eigenvalue weighted by Gasteiger charge is 2.09. The van der Waals surface area contributed by atoms with E-state index in [4.69, 9.17) is 14.5 Å². The average Bonchev–Trinajstić information content (AvgIpc) is 3.31. The first-order valence-corrected chi connectivity index (χ1v) is 11.5. The summed E-state index contributed by atoms with van der Waals surface area (Å²) >= 11 is 1.77. The molecule has 0 unspecified atom stereocenters. The Hall–Kier alpha value is -2.01. The molecule has 9 heteroatoms. The number of H-pyrrole nitrogens is 1. The van der Waals surface area contributed by atoms with Crippen molar-refractivity contribution in [2.75, 3.05) is 33.9 Å². The molecule has 3 rings (SSSR count). The molecule has 1 aromatic carbocycles. The molecule has 0 bridgehead atoms. The summed E-state index contributed by atoms with van der Waals surface area (Å²) in [5.41, 5.74) is 3.34. The van der Waals surface area contributed by atoms with Crippen molar-refractivity contribution in [2.24, 2.45) is 4.99 Å². The van der Waals surface area contributed by atoms with Gasteiger partial charge in [-0.1, -0.05) is 0 Å². The first-order chi connectivity index (χ1) is 15.0. The van der Waals surface area contributed by atoms with E-state index in [0.29, 0.717) is 0 Å². The van der Waals surface area contributed by atoms with Gasteiger partial charge in [-0.3, -0.25) is 4.99 Å². The fraction of sp³-hybridized carbons (Fsp3) is 0.478. The first-order valence-electron chi connectivity index (χ1n) is 10.7. The lowest BCUT2D eigenvalue weighted by atomic mass is 10.2. The summed E-state index contributed by atoms with van der Waals surface area (Å²) in [4.78, 5) is 14.0. The molecule has 0 radical (unpaired) electrons. The van der Waals surface area contributed by atoms with Crippen LogP contribution in [0.5, 0.6) is 11.5 Å². The number of aromatic amines is 1. The van der Waals surface area contributed by atoms with E-state index in [1.54, 1.807) is 25.6 Å². The van der Waals surface area contributed by atoms with Gasteiger partial charge < -0.3 is 25.1 Å². The molecule has 176 valence electrons. The summed E-state index contributed by atoms with van der Waals surface area (Å²) in [5.74, 6) is 2.47. The van der Waals surface area contributed by atoms with Crippen LogP contribution >= 0.6 is 35.3 Å². The lowest BCUT2D eigenvalue weighted by molar-refractivity contribution is 0.398. The van der Waals surface area contributed by atoms with E-state index in [9.17, 15) is 0 Å². The Bertz CT molecular complexity index is 1030. The van der Waals surface area contributed by atoms with Crippen LogP contribution in [0.3, 0.4) is 0 Å². The number of aliphatic imine (C=N–C) groups is 1. The van der Waals surface area contributed by atoms with Gasteiger partial charge in [-0.15, -0.1) is 35.3 Å². The molecule has 0 aliphatic carbocycles. The van der Waals surface area contributed by atoms with Crippen LogP contribution in [0.15, 0.2) is 23.2 Å². The summed E-state index contributed by atoms with van der Waals surface area (Å²) < 4.78 is 10.9. The Morgan fingerprint density at radius 2 is 1.94 bits per heavy atom. The quantitative estimate of drug-likeness (QED) is 0.143. The van der Waals surface area contributed by atoms with Crippen molar-refractivity contribution in [1.82, 2.24) is 20.6 Å². The van der Waals surface area contributed by atoms with E-state index < -0.39 is 0 Å². The second kappa shape index (κ2) is 12.9. The van der Waals surface area contributed by atoms with Crippen LogP contribution in [-0.4, -0.2) is 49.8 Å². The van der Waals surface area contributed by atoms with E-state index in [0.717, 1.165) is 78.0 Å². The van der Waals surface area contributed by atoms with Crippen molar-refractivity contribution in [3.05, 3.63) is 39.5 Å². The summed E-state index contributed by atoms with van der Waals surface area (Å²) in [7, 11) is 3.35. The zero-order valence-electron chi connectivity index (χ0n) is 19.5. The monoisotopic (exact) mass is 571 g/mol. The summed E-state index contributed by atoms with van der Waals surface area (Å²) in [6, 6.07) is 6.06. The van der Waals surface area contributed by atoms with Gasteiger partial charge in [0.2, 0.25) is 0 Å². The van der Waals surface area contributed by atoms with Crippen LogP contribution in [0.25, 0.3) is 10.9 Å². The van der Waals surface area contributed by atoms with Gasteiger partial charge in [0.1, 0.15) is 11.5 Å². The second-order valence-electron chi connectivity index (χ2n) is 7.37. The number of ether oxygens (including phenoxy) is 2. The molecule has 0 saturated carbocycles. The molecule has 0 saturated heterocycles. The van der Waals surface area contributed by atoms with Crippen LogP contribution in [-0.2, 0) is 12.8 Å². The van der Waals surface area contributed by atoms with Gasteiger partial charge in [0.15, 0.2) is 5.96 Å². The SMILES string of the molecule is CCNC(=NCCCc1cc2c(OC)cc(OC)cc2[nH]1)NCCc1sc(C)nc1C.I. The molecule has 7 nitrogen and oxygen atoms in total. The number of hydrogen-bond acceptors (Lipinski definition) is 5. The third kappa shape index (κ3) is 6.99. The normalized spacial score (nSPS) is 11.3. The van der Waals surface area contributed by atoms with Gasteiger partial charge in [-0.25, -0.2) is 4.98 Å². The topological polar surface area (TPSA) is 83.6 Å². The van der Waals surface area contributed by atoms with Gasteiger partial charge >= 0.3 is 0 Å². The number of nitrogens with zero attached hydrogens (tertiary/aromatic N) is 2. The van der Waals surface area contributed by atoms with E-state index in [1.807, 2.05) is 12.1 Å². The zero-order chi connectivity index (χ0) is 22.2. The fourth-order valence-electron chi connectivity index (χ4n) is 3.56. The maximum atomic E-state index is 5.50. The number of benzene rings is 1. The zero-order valence-corrected chi connectivity index (χ0v) is 22.6. The van der Waals surface area contributed by atoms with Gasteiger partial charge in [0, 0.05) is 54.1 Å². The van der Waals surface area contributed by atoms with Crippen molar-refractivity contribution >= 4 is 52.2 Å². The number of hydrogen-bond donors (Lipinski definition) is 3. The molecule has 0 spiro atoms. The predicted octanol–water partition coefficient (Wildman–Crippen LogP) is 4.61. The van der Waals surface area contributed by atoms with Crippen LogP contribution < -0.4 is 20.1 Å². The third-order valence-corrected chi connectivity index (χ3v) is 6.18. The maximum absolute atomic E-state index is 5.50. The number of aromatic nitrogens is 2. The minimum atomic E-state index is 0. The van der Waals surface area contributed by atoms with E-state index >= 15 is 0 Å². The number of guanidine groups is 1. The van der Waals surface area contributed by atoms with Crippen LogP contribution in [0.4, 0.5) is 0 Å². The van der Waals surface area contributed by atoms with Crippen molar-refractivity contribution in [2.45, 2.75) is 40.0 Å². The van der Waals surface area contributed by atoms with Gasteiger partial charge in [0.25, 0.3) is 0 Å². The van der Waals surface area contributed by atoms with E-state index in [1.165, 1.54) is 10.6 Å². The second-order valence-corrected chi connectivity index (χ2v) is 8.66. The molecule has 3 aromatic rings. The van der Waals surface area contributed by atoms with E-state index in [-0.39, 0.29) is 24.0 Å². The van der Waals surface area contributed by atoms with Gasteiger partial charge in [0.05, 0.1) is 30.4 Å². The van der Waals surface area contributed by atoms with Crippen LogP contribution in [0, 0.1) is 13.8 Å². The lowest BCUT2D eigenvalue weighted by Crippen LogP contribution is -2.38. The molecule has 3 N–H and O–H groups in total. The molecule has 2 aromatic heterocycles. The minimum Gasteiger partial charge on any atom is -0.497 e. The summed E-state index contributed by atoms with van der Waals surface area (Å²) in [6.07, 6.45) is 2.83. The third-order valence-electron chi connectivity index (χ3n) is 5.05.